The molecule has 0 bridgehead atoms. The Morgan fingerprint density at radius 2 is 1.75 bits per heavy atom. The van der Waals surface area contributed by atoms with E-state index < -0.39 is 0 Å². The number of para-hydroxylation sites is 1. The number of nitrogens with zero attached hydrogens (tertiary/aromatic N) is 1. The number of nitrogens with one attached hydrogen (secondary N) is 1. The largest absolute Gasteiger partial charge is 0.496 e. The van der Waals surface area contributed by atoms with E-state index >= 15 is 0 Å². The third-order valence-electron chi connectivity index (χ3n) is 3.32. The highest BCUT2D eigenvalue weighted by Gasteiger charge is 2.06. The van der Waals surface area contributed by atoms with E-state index in [2.05, 4.69) is 10.5 Å². The van der Waals surface area contributed by atoms with Gasteiger partial charge in [0.15, 0.2) is 11.5 Å². The lowest BCUT2D eigenvalue weighted by molar-refractivity contribution is 0.230. The summed E-state index contributed by atoms with van der Waals surface area (Å²) in [6.45, 7) is 4.55. The van der Waals surface area contributed by atoms with E-state index in [4.69, 9.17) is 14.2 Å². The Morgan fingerprint density at radius 1 is 1.00 bits per heavy atom. The molecule has 0 amide bonds. The molecule has 0 aliphatic carbocycles. The third-order valence-corrected chi connectivity index (χ3v) is 3.32. The molecule has 2 rings (SSSR count). The van der Waals surface area contributed by atoms with Gasteiger partial charge in [-0.3, -0.25) is 0 Å². The van der Waals surface area contributed by atoms with Gasteiger partial charge in [-0.15, -0.1) is 0 Å². The van der Waals surface area contributed by atoms with Gasteiger partial charge < -0.3 is 19.6 Å². The maximum absolute atomic E-state index is 5.70. The molecule has 128 valence electrons. The summed E-state index contributed by atoms with van der Waals surface area (Å²) in [6.07, 6.45) is 1.85. The summed E-state index contributed by atoms with van der Waals surface area (Å²) < 4.78 is 16.4. The average molecular weight is 328 g/mol. The standard InChI is InChI=1S/C19H24N2O3/c1-14(2)24-18-10-9-15(11-19(18)23-4)12-20-21-13-16-7-5-6-8-17(16)22-3/h5-12,14,21H,13H2,1-4H3/b20-12-. The van der Waals surface area contributed by atoms with Crippen molar-refractivity contribution >= 4 is 6.21 Å². The molecule has 0 aliphatic heterocycles. The number of methoxy groups -OCH3 is 2. The Hall–Kier alpha value is -2.69. The third kappa shape index (κ3) is 4.91. The summed E-state index contributed by atoms with van der Waals surface area (Å²) in [5, 5.41) is 4.25. The monoisotopic (exact) mass is 328 g/mol. The number of ether oxygens (including phenoxy) is 3. The van der Waals surface area contributed by atoms with Crippen LogP contribution in [0.4, 0.5) is 0 Å². The molecule has 0 saturated carbocycles. The first-order valence-corrected chi connectivity index (χ1v) is 7.86. The first-order valence-electron chi connectivity index (χ1n) is 7.86. The molecule has 0 saturated heterocycles. The van der Waals surface area contributed by atoms with Crippen molar-refractivity contribution in [2.24, 2.45) is 5.10 Å². The van der Waals surface area contributed by atoms with Crippen LogP contribution in [-0.4, -0.2) is 26.5 Å². The number of hydrogen-bond donors (Lipinski definition) is 1. The highest BCUT2D eigenvalue weighted by atomic mass is 16.5. The zero-order valence-electron chi connectivity index (χ0n) is 14.6. The van der Waals surface area contributed by atoms with Crippen LogP contribution in [0.5, 0.6) is 17.2 Å². The first-order chi connectivity index (χ1) is 11.6. The van der Waals surface area contributed by atoms with Gasteiger partial charge in [-0.05, 0) is 43.7 Å². The van der Waals surface area contributed by atoms with E-state index in [1.54, 1.807) is 20.4 Å². The van der Waals surface area contributed by atoms with E-state index in [1.807, 2.05) is 56.3 Å². The number of benzene rings is 2. The predicted molar refractivity (Wildman–Crippen MR) is 96.2 cm³/mol. The molecule has 24 heavy (non-hydrogen) atoms. The SMILES string of the molecule is COc1ccccc1CN/N=C\c1ccc(OC(C)C)c(OC)c1. The molecule has 0 aromatic heterocycles. The lowest BCUT2D eigenvalue weighted by atomic mass is 10.2. The summed E-state index contributed by atoms with van der Waals surface area (Å²) in [5.74, 6) is 2.26. The zero-order chi connectivity index (χ0) is 17.4. The van der Waals surface area contributed by atoms with Crippen LogP contribution >= 0.6 is 0 Å². The summed E-state index contributed by atoms with van der Waals surface area (Å²) in [4.78, 5) is 0. The van der Waals surface area contributed by atoms with E-state index in [0.717, 1.165) is 22.6 Å². The number of rotatable bonds is 8. The van der Waals surface area contributed by atoms with Crippen molar-refractivity contribution in [1.82, 2.24) is 5.43 Å². The topological polar surface area (TPSA) is 52.1 Å². The molecule has 5 heteroatoms. The summed E-state index contributed by atoms with van der Waals surface area (Å²) in [6, 6.07) is 13.6. The Kier molecular flexibility index (Phi) is 6.49. The smallest absolute Gasteiger partial charge is 0.161 e. The minimum Gasteiger partial charge on any atom is -0.496 e. The Balaban J connectivity index is 1.99. The van der Waals surface area contributed by atoms with Gasteiger partial charge in [-0.2, -0.15) is 5.10 Å². The van der Waals surface area contributed by atoms with Crippen molar-refractivity contribution in [2.75, 3.05) is 14.2 Å². The summed E-state index contributed by atoms with van der Waals surface area (Å²) in [5.41, 5.74) is 5.00. The Bertz CT molecular complexity index is 684. The Labute approximate surface area is 143 Å². The van der Waals surface area contributed by atoms with Crippen LogP contribution < -0.4 is 19.6 Å². The van der Waals surface area contributed by atoms with Crippen molar-refractivity contribution in [3.8, 4) is 17.2 Å². The van der Waals surface area contributed by atoms with Crippen LogP contribution in [0, 0.1) is 0 Å². The fourth-order valence-electron chi connectivity index (χ4n) is 2.22. The molecule has 2 aromatic rings. The van der Waals surface area contributed by atoms with Crippen molar-refractivity contribution < 1.29 is 14.2 Å². The second kappa shape index (κ2) is 8.82. The van der Waals surface area contributed by atoms with Crippen LogP contribution in [0.15, 0.2) is 47.6 Å². The van der Waals surface area contributed by atoms with Crippen molar-refractivity contribution in [2.45, 2.75) is 26.5 Å². The summed E-state index contributed by atoms with van der Waals surface area (Å²) in [7, 11) is 3.29. The van der Waals surface area contributed by atoms with Crippen molar-refractivity contribution in [1.29, 1.82) is 0 Å². The van der Waals surface area contributed by atoms with Gasteiger partial charge in [-0.1, -0.05) is 18.2 Å². The number of hydrazone groups is 1. The molecule has 0 fully saturated rings. The zero-order valence-corrected chi connectivity index (χ0v) is 14.6. The average Bonchev–Trinajstić information content (AvgIpc) is 2.59. The van der Waals surface area contributed by atoms with E-state index in [-0.39, 0.29) is 6.10 Å². The molecule has 1 N–H and O–H groups in total. The second-order valence-electron chi connectivity index (χ2n) is 5.48. The molecular weight excluding hydrogens is 304 g/mol. The highest BCUT2D eigenvalue weighted by molar-refractivity contribution is 5.80. The van der Waals surface area contributed by atoms with Crippen LogP contribution in [0.3, 0.4) is 0 Å². The molecule has 0 spiro atoms. The van der Waals surface area contributed by atoms with Gasteiger partial charge in [0.2, 0.25) is 0 Å². The molecule has 0 aliphatic rings. The molecule has 0 unspecified atom stereocenters. The van der Waals surface area contributed by atoms with Crippen molar-refractivity contribution in [3.05, 3.63) is 53.6 Å². The van der Waals surface area contributed by atoms with Gasteiger partial charge >= 0.3 is 0 Å². The van der Waals surface area contributed by atoms with E-state index in [1.165, 1.54) is 0 Å². The van der Waals surface area contributed by atoms with Gasteiger partial charge in [0, 0.05) is 5.56 Å². The number of hydrogen-bond acceptors (Lipinski definition) is 5. The molecular formula is C19H24N2O3. The first kappa shape index (κ1) is 17.7. The van der Waals surface area contributed by atoms with Crippen molar-refractivity contribution in [3.63, 3.8) is 0 Å². The fourth-order valence-corrected chi connectivity index (χ4v) is 2.22. The van der Waals surface area contributed by atoms with Crippen LogP contribution in [0.2, 0.25) is 0 Å². The molecule has 0 heterocycles. The minimum atomic E-state index is 0.0981. The van der Waals surface area contributed by atoms with Crippen LogP contribution in [-0.2, 0) is 6.54 Å². The second-order valence-corrected chi connectivity index (χ2v) is 5.48. The highest BCUT2D eigenvalue weighted by Crippen LogP contribution is 2.28. The van der Waals surface area contributed by atoms with E-state index in [0.29, 0.717) is 12.3 Å². The molecule has 0 atom stereocenters. The van der Waals surface area contributed by atoms with Crippen LogP contribution in [0.1, 0.15) is 25.0 Å². The van der Waals surface area contributed by atoms with Gasteiger partial charge in [0.1, 0.15) is 5.75 Å². The molecule has 5 nitrogen and oxygen atoms in total. The summed E-state index contributed by atoms with van der Waals surface area (Å²) >= 11 is 0. The fraction of sp³-hybridized carbons (Fsp3) is 0.316. The normalized spacial score (nSPS) is 10.9. The predicted octanol–water partition coefficient (Wildman–Crippen LogP) is 3.61. The Morgan fingerprint density at radius 3 is 2.46 bits per heavy atom. The molecule has 0 radical (unpaired) electrons. The maximum Gasteiger partial charge on any atom is 0.161 e. The van der Waals surface area contributed by atoms with Crippen LogP contribution in [0.25, 0.3) is 0 Å². The van der Waals surface area contributed by atoms with Gasteiger partial charge in [-0.25, -0.2) is 0 Å². The lowest BCUT2D eigenvalue weighted by Crippen LogP contribution is -2.08. The minimum absolute atomic E-state index is 0.0981. The molecule has 2 aromatic carbocycles. The van der Waals surface area contributed by atoms with Gasteiger partial charge in [0.05, 0.1) is 33.1 Å². The maximum atomic E-state index is 5.70. The quantitative estimate of drug-likeness (QED) is 0.594. The van der Waals surface area contributed by atoms with E-state index in [9.17, 15) is 0 Å². The van der Waals surface area contributed by atoms with Gasteiger partial charge in [0.25, 0.3) is 0 Å². The lowest BCUT2D eigenvalue weighted by Gasteiger charge is -2.13.